The van der Waals surface area contributed by atoms with Crippen molar-refractivity contribution in [3.8, 4) is 5.69 Å². The molecule has 3 heterocycles. The molecule has 0 fully saturated rings. The standard InChI is InChI=1S/C14H17N5O2SSi/c1-21-14(20)12-11(10-13(22-12)16-6-5-15-10)19-9(7-17-18-19)8-23(2,3)4/h5-7H,8H2,1-4H3. The smallest absolute Gasteiger partial charge is 0.350 e. The first-order valence-corrected chi connectivity index (χ1v) is 11.6. The number of methoxy groups -OCH3 is 1. The Bertz CT molecular complexity index is 868. The van der Waals surface area contributed by atoms with Crippen molar-refractivity contribution in [2.45, 2.75) is 25.7 Å². The maximum Gasteiger partial charge on any atom is 0.350 e. The summed E-state index contributed by atoms with van der Waals surface area (Å²) in [5, 5.41) is 8.23. The minimum absolute atomic E-state index is 0.417. The number of ether oxygens (including phenoxy) is 1. The first-order chi connectivity index (χ1) is 10.9. The summed E-state index contributed by atoms with van der Waals surface area (Å²) in [4.78, 5) is 22.0. The van der Waals surface area contributed by atoms with Crippen LogP contribution < -0.4 is 0 Å². The predicted molar refractivity (Wildman–Crippen MR) is 90.7 cm³/mol. The topological polar surface area (TPSA) is 82.8 Å². The van der Waals surface area contributed by atoms with Gasteiger partial charge in [-0.25, -0.2) is 19.4 Å². The lowest BCUT2D eigenvalue weighted by molar-refractivity contribution is 0.0606. The van der Waals surface area contributed by atoms with Crippen molar-refractivity contribution in [3.05, 3.63) is 29.2 Å². The molecule has 0 amide bonds. The molecule has 0 atom stereocenters. The second kappa shape index (κ2) is 5.82. The number of aromatic nitrogens is 5. The van der Waals surface area contributed by atoms with Gasteiger partial charge in [0.05, 0.1) is 27.1 Å². The molecule has 0 radical (unpaired) electrons. The lowest BCUT2D eigenvalue weighted by atomic mass is 10.3. The van der Waals surface area contributed by atoms with Crippen LogP contribution >= 0.6 is 11.3 Å². The number of rotatable bonds is 4. The van der Waals surface area contributed by atoms with E-state index in [1.165, 1.54) is 18.4 Å². The van der Waals surface area contributed by atoms with Gasteiger partial charge >= 0.3 is 5.97 Å². The first kappa shape index (κ1) is 15.8. The summed E-state index contributed by atoms with van der Waals surface area (Å²) >= 11 is 1.26. The van der Waals surface area contributed by atoms with Crippen LogP contribution in [0.25, 0.3) is 16.0 Å². The third-order valence-corrected chi connectivity index (χ3v) is 5.70. The molecule has 3 aromatic rings. The summed E-state index contributed by atoms with van der Waals surface area (Å²) < 4.78 is 6.61. The van der Waals surface area contributed by atoms with E-state index in [-0.39, 0.29) is 0 Å². The number of thiophene rings is 1. The largest absolute Gasteiger partial charge is 0.465 e. The number of fused-ring (bicyclic) bond motifs is 1. The third-order valence-electron chi connectivity index (χ3n) is 3.22. The van der Waals surface area contributed by atoms with Crippen LogP contribution in [0, 0.1) is 0 Å². The molecule has 9 heteroatoms. The highest BCUT2D eigenvalue weighted by atomic mass is 32.1. The van der Waals surface area contributed by atoms with Gasteiger partial charge in [-0.2, -0.15) is 0 Å². The Morgan fingerprint density at radius 3 is 2.74 bits per heavy atom. The van der Waals surface area contributed by atoms with Crippen LogP contribution in [0.15, 0.2) is 18.6 Å². The number of nitrogens with zero attached hydrogens (tertiary/aromatic N) is 5. The third kappa shape index (κ3) is 3.01. The Labute approximate surface area is 138 Å². The van der Waals surface area contributed by atoms with Crippen molar-refractivity contribution in [3.63, 3.8) is 0 Å². The second-order valence-electron chi connectivity index (χ2n) is 6.36. The average molecular weight is 347 g/mol. The molecule has 3 rings (SSSR count). The maximum atomic E-state index is 12.2. The van der Waals surface area contributed by atoms with Crippen molar-refractivity contribution in [2.75, 3.05) is 7.11 Å². The summed E-state index contributed by atoms with van der Waals surface area (Å²) in [5.74, 6) is -0.417. The monoisotopic (exact) mass is 347 g/mol. The Morgan fingerprint density at radius 1 is 1.30 bits per heavy atom. The zero-order valence-corrected chi connectivity index (χ0v) is 15.2. The highest BCUT2D eigenvalue weighted by Crippen LogP contribution is 2.32. The van der Waals surface area contributed by atoms with Gasteiger partial charge in [0, 0.05) is 12.4 Å². The molecule has 0 saturated carbocycles. The number of esters is 1. The van der Waals surface area contributed by atoms with E-state index in [0.29, 0.717) is 20.9 Å². The minimum Gasteiger partial charge on any atom is -0.465 e. The lowest BCUT2D eigenvalue weighted by Crippen LogP contribution is -2.25. The van der Waals surface area contributed by atoms with Crippen LogP contribution in [-0.4, -0.2) is 46.1 Å². The zero-order valence-electron chi connectivity index (χ0n) is 13.4. The Balaban J connectivity index is 2.24. The number of hydrogen-bond acceptors (Lipinski definition) is 7. The van der Waals surface area contributed by atoms with Crippen molar-refractivity contribution in [1.29, 1.82) is 0 Å². The molecule has 0 aliphatic rings. The van der Waals surface area contributed by atoms with Gasteiger partial charge < -0.3 is 4.74 Å². The molecular formula is C14H17N5O2SSi. The quantitative estimate of drug-likeness (QED) is 0.532. The van der Waals surface area contributed by atoms with Crippen molar-refractivity contribution >= 4 is 35.7 Å². The molecule has 0 saturated heterocycles. The molecule has 0 aliphatic heterocycles. The van der Waals surface area contributed by atoms with Crippen LogP contribution in [0.5, 0.6) is 0 Å². The van der Waals surface area contributed by atoms with Crippen LogP contribution in [-0.2, 0) is 10.8 Å². The van der Waals surface area contributed by atoms with Gasteiger partial charge in [0.1, 0.15) is 20.9 Å². The highest BCUT2D eigenvalue weighted by Gasteiger charge is 2.26. The normalized spacial score (nSPS) is 11.8. The fourth-order valence-corrected chi connectivity index (χ4v) is 4.68. The molecule has 0 bridgehead atoms. The van der Waals surface area contributed by atoms with Gasteiger partial charge in [-0.05, 0) is 6.04 Å². The van der Waals surface area contributed by atoms with Crippen molar-refractivity contribution < 1.29 is 9.53 Å². The molecular weight excluding hydrogens is 330 g/mol. The van der Waals surface area contributed by atoms with Crippen LogP contribution in [0.2, 0.25) is 19.6 Å². The molecule has 0 unspecified atom stereocenters. The summed E-state index contributed by atoms with van der Waals surface area (Å²) in [5.41, 5.74) is 2.22. The molecule has 0 spiro atoms. The van der Waals surface area contributed by atoms with E-state index in [9.17, 15) is 4.79 Å². The Kier molecular flexibility index (Phi) is 3.98. The van der Waals surface area contributed by atoms with Gasteiger partial charge in [0.15, 0.2) is 0 Å². The molecule has 23 heavy (non-hydrogen) atoms. The Hall–Kier alpha value is -2.13. The fraction of sp³-hybridized carbons (Fsp3) is 0.357. The summed E-state index contributed by atoms with van der Waals surface area (Å²) in [6.07, 6.45) is 4.96. The van der Waals surface area contributed by atoms with E-state index in [1.807, 2.05) is 0 Å². The summed E-state index contributed by atoms with van der Waals surface area (Å²) in [6.45, 7) is 6.82. The van der Waals surface area contributed by atoms with Gasteiger partial charge in [-0.3, -0.25) is 0 Å². The van der Waals surface area contributed by atoms with E-state index in [2.05, 4.69) is 39.9 Å². The highest BCUT2D eigenvalue weighted by molar-refractivity contribution is 7.20. The molecule has 7 nitrogen and oxygen atoms in total. The van der Waals surface area contributed by atoms with E-state index < -0.39 is 14.0 Å². The predicted octanol–water partition coefficient (Wildman–Crippen LogP) is 2.48. The van der Waals surface area contributed by atoms with Gasteiger partial charge in [0.25, 0.3) is 0 Å². The van der Waals surface area contributed by atoms with Crippen LogP contribution in [0.1, 0.15) is 15.4 Å². The lowest BCUT2D eigenvalue weighted by Gasteiger charge is -2.16. The minimum atomic E-state index is -1.38. The molecule has 0 aromatic carbocycles. The van der Waals surface area contributed by atoms with E-state index in [4.69, 9.17) is 4.74 Å². The number of carbonyl (C=O) groups excluding carboxylic acids is 1. The summed E-state index contributed by atoms with van der Waals surface area (Å²) in [6, 6.07) is 0.901. The van der Waals surface area contributed by atoms with Crippen LogP contribution in [0.3, 0.4) is 0 Å². The number of carbonyl (C=O) groups is 1. The Morgan fingerprint density at radius 2 is 2.04 bits per heavy atom. The van der Waals surface area contributed by atoms with Crippen molar-refractivity contribution in [2.24, 2.45) is 0 Å². The second-order valence-corrected chi connectivity index (χ2v) is 12.8. The first-order valence-electron chi connectivity index (χ1n) is 7.12. The molecule has 0 N–H and O–H groups in total. The number of hydrogen-bond donors (Lipinski definition) is 0. The SMILES string of the molecule is COC(=O)c1sc2nccnc2c1-n1nncc1C[Si](C)(C)C. The molecule has 3 aromatic heterocycles. The summed E-state index contributed by atoms with van der Waals surface area (Å²) in [7, 11) is -0.0129. The van der Waals surface area contributed by atoms with Gasteiger partial charge in [0.2, 0.25) is 0 Å². The van der Waals surface area contributed by atoms with Gasteiger partial charge in [-0.15, -0.1) is 16.4 Å². The van der Waals surface area contributed by atoms with Crippen LogP contribution in [0.4, 0.5) is 0 Å². The maximum absolute atomic E-state index is 12.2. The van der Waals surface area contributed by atoms with E-state index in [1.54, 1.807) is 23.3 Å². The van der Waals surface area contributed by atoms with Crippen molar-refractivity contribution in [1.82, 2.24) is 25.0 Å². The molecule has 120 valence electrons. The fourth-order valence-electron chi connectivity index (χ4n) is 2.35. The van der Waals surface area contributed by atoms with Gasteiger partial charge in [-0.1, -0.05) is 24.9 Å². The van der Waals surface area contributed by atoms with E-state index >= 15 is 0 Å². The van der Waals surface area contributed by atoms with E-state index in [0.717, 1.165) is 11.7 Å². The zero-order chi connectivity index (χ0) is 16.6. The average Bonchev–Trinajstić information content (AvgIpc) is 3.08. The molecule has 0 aliphatic carbocycles.